The highest BCUT2D eigenvalue weighted by Gasteiger charge is 2.25. The van der Waals surface area contributed by atoms with Gasteiger partial charge in [-0.3, -0.25) is 9.59 Å². The Balaban J connectivity index is 0.00000161. The van der Waals surface area contributed by atoms with Crippen LogP contribution in [0, 0.1) is 5.92 Å². The van der Waals surface area contributed by atoms with Crippen LogP contribution in [0.4, 0.5) is 11.4 Å². The fourth-order valence-corrected chi connectivity index (χ4v) is 2.47. The third-order valence-corrected chi connectivity index (χ3v) is 3.74. The SMILES string of the molecule is CN1C(=O)COc2ccc(NC(=O)C3CCNC3)cc21.Cl. The van der Waals surface area contributed by atoms with E-state index in [4.69, 9.17) is 4.74 Å². The number of likely N-dealkylation sites (N-methyl/N-ethyl adjacent to an activating group) is 1. The molecule has 1 unspecified atom stereocenters. The van der Waals surface area contributed by atoms with Crippen LogP contribution in [-0.2, 0) is 9.59 Å². The van der Waals surface area contributed by atoms with Gasteiger partial charge in [-0.05, 0) is 31.2 Å². The molecule has 0 radical (unpaired) electrons. The molecule has 2 N–H and O–H groups in total. The van der Waals surface area contributed by atoms with Crippen molar-refractivity contribution in [1.82, 2.24) is 5.32 Å². The maximum Gasteiger partial charge on any atom is 0.264 e. The van der Waals surface area contributed by atoms with Crippen LogP contribution in [0.2, 0.25) is 0 Å². The number of nitrogens with one attached hydrogen (secondary N) is 2. The summed E-state index contributed by atoms with van der Waals surface area (Å²) >= 11 is 0. The Hall–Kier alpha value is -1.79. The molecule has 1 aromatic carbocycles. The number of rotatable bonds is 2. The highest BCUT2D eigenvalue weighted by Crippen LogP contribution is 2.33. The summed E-state index contributed by atoms with van der Waals surface area (Å²) in [5.41, 5.74) is 1.37. The molecule has 1 fully saturated rings. The fraction of sp³-hybridized carbons (Fsp3) is 0.429. The molecule has 2 aliphatic rings. The minimum Gasteiger partial charge on any atom is -0.482 e. The zero-order chi connectivity index (χ0) is 14.1. The first-order valence-electron chi connectivity index (χ1n) is 6.70. The van der Waals surface area contributed by atoms with Gasteiger partial charge in [-0.25, -0.2) is 0 Å². The largest absolute Gasteiger partial charge is 0.482 e. The van der Waals surface area contributed by atoms with Crippen molar-refractivity contribution in [1.29, 1.82) is 0 Å². The summed E-state index contributed by atoms with van der Waals surface area (Å²) in [7, 11) is 1.70. The standard InChI is InChI=1S/C14H17N3O3.ClH/c1-17-11-6-10(2-3-12(11)20-8-13(17)18)16-14(19)9-4-5-15-7-9;/h2-3,6,9,15H,4-5,7-8H2,1H3,(H,16,19);1H. The van der Waals surface area contributed by atoms with Crippen molar-refractivity contribution in [3.8, 4) is 5.75 Å². The van der Waals surface area contributed by atoms with E-state index >= 15 is 0 Å². The van der Waals surface area contributed by atoms with Crippen molar-refractivity contribution in [2.24, 2.45) is 5.92 Å². The summed E-state index contributed by atoms with van der Waals surface area (Å²) < 4.78 is 5.35. The Morgan fingerprint density at radius 2 is 2.29 bits per heavy atom. The number of nitrogens with zero attached hydrogens (tertiary/aromatic N) is 1. The van der Waals surface area contributed by atoms with Crippen LogP contribution in [0.3, 0.4) is 0 Å². The summed E-state index contributed by atoms with van der Waals surface area (Å²) in [5.74, 6) is 0.593. The second kappa shape index (κ2) is 6.32. The molecule has 0 aliphatic carbocycles. The highest BCUT2D eigenvalue weighted by atomic mass is 35.5. The molecule has 7 heteroatoms. The lowest BCUT2D eigenvalue weighted by Crippen LogP contribution is -2.35. The van der Waals surface area contributed by atoms with Gasteiger partial charge in [0, 0.05) is 19.3 Å². The van der Waals surface area contributed by atoms with Gasteiger partial charge in [0.1, 0.15) is 5.75 Å². The maximum atomic E-state index is 12.1. The second-order valence-corrected chi connectivity index (χ2v) is 5.10. The van der Waals surface area contributed by atoms with E-state index in [9.17, 15) is 9.59 Å². The molecule has 0 bridgehead atoms. The molecule has 2 amide bonds. The van der Waals surface area contributed by atoms with Crippen LogP contribution >= 0.6 is 12.4 Å². The van der Waals surface area contributed by atoms with Gasteiger partial charge in [0.2, 0.25) is 5.91 Å². The summed E-state index contributed by atoms with van der Waals surface area (Å²) in [4.78, 5) is 25.2. The summed E-state index contributed by atoms with van der Waals surface area (Å²) in [6, 6.07) is 5.34. The number of carbonyl (C=O) groups is 2. The van der Waals surface area contributed by atoms with Crippen LogP contribution in [0.5, 0.6) is 5.75 Å². The number of carbonyl (C=O) groups excluding carboxylic acids is 2. The molecule has 0 spiro atoms. The number of halogens is 1. The van der Waals surface area contributed by atoms with E-state index in [1.807, 2.05) is 0 Å². The lowest BCUT2D eigenvalue weighted by molar-refractivity contribution is -0.121. The molecule has 2 heterocycles. The van der Waals surface area contributed by atoms with E-state index < -0.39 is 0 Å². The molecule has 3 rings (SSSR count). The predicted octanol–water partition coefficient (Wildman–Crippen LogP) is 1.01. The minimum atomic E-state index is -0.0963. The lowest BCUT2D eigenvalue weighted by Gasteiger charge is -2.26. The van der Waals surface area contributed by atoms with Crippen molar-refractivity contribution >= 4 is 35.6 Å². The monoisotopic (exact) mass is 311 g/mol. The van der Waals surface area contributed by atoms with Gasteiger partial charge in [0.05, 0.1) is 11.6 Å². The number of anilines is 2. The quantitative estimate of drug-likeness (QED) is 0.855. The fourth-order valence-electron chi connectivity index (χ4n) is 2.47. The third-order valence-electron chi connectivity index (χ3n) is 3.74. The van der Waals surface area contributed by atoms with Gasteiger partial charge in [0.25, 0.3) is 5.91 Å². The first-order chi connectivity index (χ1) is 9.65. The molecule has 1 aromatic rings. The molecule has 6 nitrogen and oxygen atoms in total. The van der Waals surface area contributed by atoms with E-state index in [1.54, 1.807) is 30.1 Å². The van der Waals surface area contributed by atoms with Crippen LogP contribution in [0.25, 0.3) is 0 Å². The van der Waals surface area contributed by atoms with E-state index in [0.717, 1.165) is 19.5 Å². The number of ether oxygens (including phenoxy) is 1. The topological polar surface area (TPSA) is 70.7 Å². The van der Waals surface area contributed by atoms with E-state index in [-0.39, 0.29) is 36.7 Å². The number of fused-ring (bicyclic) bond motifs is 1. The number of benzene rings is 1. The zero-order valence-electron chi connectivity index (χ0n) is 11.7. The molecule has 2 aliphatic heterocycles. The summed E-state index contributed by atoms with van der Waals surface area (Å²) in [6.07, 6.45) is 0.859. The van der Waals surface area contributed by atoms with Crippen molar-refractivity contribution in [3.63, 3.8) is 0 Å². The third kappa shape index (κ3) is 3.11. The van der Waals surface area contributed by atoms with Gasteiger partial charge in [-0.15, -0.1) is 12.4 Å². The highest BCUT2D eigenvalue weighted by molar-refractivity contribution is 5.99. The van der Waals surface area contributed by atoms with E-state index in [1.165, 1.54) is 0 Å². The van der Waals surface area contributed by atoms with Gasteiger partial charge in [-0.1, -0.05) is 0 Å². The molecular formula is C14H18ClN3O3. The van der Waals surface area contributed by atoms with Gasteiger partial charge >= 0.3 is 0 Å². The van der Waals surface area contributed by atoms with Crippen LogP contribution in [-0.4, -0.2) is 38.6 Å². The first-order valence-corrected chi connectivity index (χ1v) is 6.70. The van der Waals surface area contributed by atoms with E-state index in [0.29, 0.717) is 17.1 Å². The maximum absolute atomic E-state index is 12.1. The Labute approximate surface area is 129 Å². The molecule has 21 heavy (non-hydrogen) atoms. The average molecular weight is 312 g/mol. The zero-order valence-corrected chi connectivity index (χ0v) is 12.5. The molecule has 114 valence electrons. The van der Waals surface area contributed by atoms with E-state index in [2.05, 4.69) is 10.6 Å². The van der Waals surface area contributed by atoms with Crippen molar-refractivity contribution < 1.29 is 14.3 Å². The van der Waals surface area contributed by atoms with Crippen molar-refractivity contribution in [2.45, 2.75) is 6.42 Å². The molecular weight excluding hydrogens is 294 g/mol. The van der Waals surface area contributed by atoms with Gasteiger partial charge < -0.3 is 20.3 Å². The Bertz CT molecular complexity index is 558. The average Bonchev–Trinajstić information content (AvgIpc) is 2.98. The van der Waals surface area contributed by atoms with Crippen LogP contribution in [0.15, 0.2) is 18.2 Å². The molecule has 1 atom stereocenters. The second-order valence-electron chi connectivity index (χ2n) is 5.10. The minimum absolute atomic E-state index is 0. The molecule has 1 saturated heterocycles. The van der Waals surface area contributed by atoms with Crippen LogP contribution < -0.4 is 20.3 Å². The first kappa shape index (κ1) is 15.6. The Kier molecular flexibility index (Phi) is 4.69. The smallest absolute Gasteiger partial charge is 0.264 e. The summed E-state index contributed by atoms with van der Waals surface area (Å²) in [6.45, 7) is 1.66. The summed E-state index contributed by atoms with van der Waals surface area (Å²) in [5, 5.41) is 6.06. The van der Waals surface area contributed by atoms with Gasteiger partial charge in [-0.2, -0.15) is 0 Å². The lowest BCUT2D eigenvalue weighted by atomic mass is 10.1. The Morgan fingerprint density at radius 3 is 3.00 bits per heavy atom. The molecule has 0 aromatic heterocycles. The number of hydrogen-bond donors (Lipinski definition) is 2. The molecule has 0 saturated carbocycles. The predicted molar refractivity (Wildman–Crippen MR) is 82.2 cm³/mol. The number of amides is 2. The van der Waals surface area contributed by atoms with Crippen LogP contribution in [0.1, 0.15) is 6.42 Å². The van der Waals surface area contributed by atoms with Crippen molar-refractivity contribution in [3.05, 3.63) is 18.2 Å². The van der Waals surface area contributed by atoms with Gasteiger partial charge in [0.15, 0.2) is 6.61 Å². The Morgan fingerprint density at radius 1 is 1.48 bits per heavy atom. The van der Waals surface area contributed by atoms with Crippen molar-refractivity contribution in [2.75, 3.05) is 37.0 Å². The normalized spacial score (nSPS) is 20.3. The number of hydrogen-bond acceptors (Lipinski definition) is 4.